The van der Waals surface area contributed by atoms with Gasteiger partial charge in [0.25, 0.3) is 32.3 Å². The van der Waals surface area contributed by atoms with Gasteiger partial charge in [-0.05, 0) is 173 Å². The number of ether oxygens (including phenoxy) is 5. The van der Waals surface area contributed by atoms with Crippen LogP contribution in [0.5, 0.6) is 34.5 Å². The first-order valence-electron chi connectivity index (χ1n) is 32.1. The summed E-state index contributed by atoms with van der Waals surface area (Å²) in [6.45, 7) is 13.6. The summed E-state index contributed by atoms with van der Waals surface area (Å²) in [5.41, 5.74) is 24.3. The highest BCUT2D eigenvalue weighted by Crippen LogP contribution is 2.40. The lowest BCUT2D eigenvalue weighted by Crippen LogP contribution is -2.30. The average molecular weight is 1690 g/mol. The SMILES string of the molecule is C=CS(=O)(=O)Nc1ccc(Oc2ccc(F)cc2F)c(-c2cc(N)c(=O)n(C)c2)c1.Cn1cc(-c2cc(N)ccc2Oc2ccc(F)cc2F)cc(N)c1=O.Cn1cc(-c2cc(N)ccc2Oc2ccc(F)cc2F)cc(NC(=O)OC(C)(C)C)c1=O.Cn1cc(Br)cc(NC(=O)OC(C)(C)C)c1=O.O=S(=O)(Cl)CCCl. The van der Waals surface area contributed by atoms with E-state index in [-0.39, 0.29) is 85.7 Å². The number of amides is 2. The van der Waals surface area contributed by atoms with Crippen molar-refractivity contribution in [2.45, 2.75) is 52.7 Å². The maximum atomic E-state index is 14.1. The van der Waals surface area contributed by atoms with Crippen molar-refractivity contribution in [3.63, 3.8) is 0 Å². The maximum Gasteiger partial charge on any atom is 0.412 e. The van der Waals surface area contributed by atoms with Gasteiger partial charge in [0.1, 0.15) is 57.3 Å². The number of anilines is 7. The molecule has 37 heteroatoms. The Labute approximate surface area is 649 Å². The minimum atomic E-state index is -3.79. The number of sulfonamides is 1. The highest BCUT2D eigenvalue weighted by Gasteiger charge is 2.23. The van der Waals surface area contributed by atoms with E-state index in [0.29, 0.717) is 61.4 Å². The molecule has 10 rings (SSSR count). The van der Waals surface area contributed by atoms with E-state index in [0.717, 1.165) is 35.7 Å². The number of nitrogens with zero attached hydrogens (tertiary/aromatic N) is 4. The lowest BCUT2D eigenvalue weighted by Gasteiger charge is -2.20. The third kappa shape index (κ3) is 26.9. The minimum Gasteiger partial charge on any atom is -0.454 e. The van der Waals surface area contributed by atoms with Gasteiger partial charge in [-0.1, -0.05) is 6.58 Å². The number of nitrogen functional groups attached to an aromatic ring is 4. The average Bonchev–Trinajstić information content (AvgIpc) is 0.803. The molecule has 0 spiro atoms. The van der Waals surface area contributed by atoms with Crippen LogP contribution in [0.2, 0.25) is 0 Å². The molecule has 10 aromatic rings. The molecule has 0 saturated carbocycles. The van der Waals surface area contributed by atoms with Crippen molar-refractivity contribution in [3.8, 4) is 67.9 Å². The molecular weight excluding hydrogens is 1610 g/mol. The van der Waals surface area contributed by atoms with E-state index < -0.39 is 88.5 Å². The number of carbonyl (C=O) groups is 2. The highest BCUT2D eigenvalue weighted by atomic mass is 79.9. The van der Waals surface area contributed by atoms with Gasteiger partial charge in [0.15, 0.2) is 34.7 Å². The number of benzene rings is 6. The van der Waals surface area contributed by atoms with E-state index in [4.69, 9.17) is 68.9 Å². The van der Waals surface area contributed by atoms with Gasteiger partial charge in [-0.3, -0.25) is 34.5 Å². The predicted molar refractivity (Wildman–Crippen MR) is 420 cm³/mol. The van der Waals surface area contributed by atoms with Crippen LogP contribution in [-0.4, -0.2) is 70.1 Å². The molecule has 2 amide bonds. The first-order chi connectivity index (χ1) is 51.6. The van der Waals surface area contributed by atoms with E-state index >= 15 is 0 Å². The molecule has 4 heterocycles. The van der Waals surface area contributed by atoms with E-state index in [1.165, 1.54) is 105 Å². The first kappa shape index (κ1) is 88.2. The highest BCUT2D eigenvalue weighted by molar-refractivity contribution is 9.10. The van der Waals surface area contributed by atoms with Crippen LogP contribution in [0.25, 0.3) is 33.4 Å². The normalized spacial score (nSPS) is 11.1. The summed E-state index contributed by atoms with van der Waals surface area (Å²) in [6, 6.07) is 28.3. The van der Waals surface area contributed by atoms with Crippen molar-refractivity contribution < 1.29 is 76.5 Å². The fourth-order valence-corrected chi connectivity index (χ4v) is 11.6. The lowest BCUT2D eigenvalue weighted by atomic mass is 10.0. The van der Waals surface area contributed by atoms with Crippen LogP contribution < -0.4 is 74.7 Å². The standard InChI is InChI=1S/C23H23F2N3O4.C20H17F2N3O4S.C18H15F2N3O2.C11H15BrN2O3.C2H4Cl2O2S/c1-23(2,3)32-22(30)27-18-9-13(12-28(4)21(18)29)16-11-15(26)6-8-19(16)31-20-7-5-14(24)10-17(20)25;1-3-30(27,28)24-14-5-7-18(29-19-6-4-13(21)9-16(19)22)15(10-14)12-8-17(23)20(26)25(2)11-12;1-23-9-10(6-15(22)18(23)24)13-8-12(21)3-5-16(13)25-17-4-2-11(19)7-14(17)20;1-11(2,3)17-10(16)13-8-5-7(12)6-14(4)9(8)15;3-1-2-7(4,5)6/h5-12H,26H2,1-4H3,(H,27,30);3-11,24H,1,23H2,2H3;2-9H,21-22H2,1H3;5-6H,1-4H3,(H,13,16);1-2H2. The maximum absolute atomic E-state index is 14.1. The summed E-state index contributed by atoms with van der Waals surface area (Å²) in [5.74, 6) is -4.85. The van der Waals surface area contributed by atoms with E-state index in [1.54, 1.807) is 98.4 Å². The smallest absolute Gasteiger partial charge is 0.412 e. The largest absolute Gasteiger partial charge is 0.454 e. The van der Waals surface area contributed by atoms with Gasteiger partial charge < -0.3 is 64.9 Å². The van der Waals surface area contributed by atoms with E-state index in [2.05, 4.69) is 37.9 Å². The van der Waals surface area contributed by atoms with Gasteiger partial charge in [-0.2, -0.15) is 0 Å². The van der Waals surface area contributed by atoms with Gasteiger partial charge in [0, 0.05) is 148 Å². The molecule has 6 aromatic carbocycles. The molecule has 11 N–H and O–H groups in total. The number of aryl methyl sites for hydroxylation is 4. The number of nitrogens with one attached hydrogen (secondary N) is 3. The zero-order valence-electron chi connectivity index (χ0n) is 60.6. The molecule has 26 nitrogen and oxygen atoms in total. The molecule has 0 unspecified atom stereocenters. The lowest BCUT2D eigenvalue weighted by molar-refractivity contribution is 0.0624. The fraction of sp³-hybridized carbons (Fsp3) is 0.189. The Hall–Kier alpha value is -11.7. The molecule has 0 aliphatic heterocycles. The van der Waals surface area contributed by atoms with E-state index in [9.17, 15) is 71.9 Å². The Bertz CT molecular complexity index is 5600. The number of alkyl halides is 1. The zero-order valence-corrected chi connectivity index (χ0v) is 65.4. The van der Waals surface area contributed by atoms with Gasteiger partial charge >= 0.3 is 12.2 Å². The number of halogens is 9. The summed E-state index contributed by atoms with van der Waals surface area (Å²) in [5, 5.41) is 5.62. The van der Waals surface area contributed by atoms with Gasteiger partial charge in [-0.25, -0.2) is 52.8 Å². The summed E-state index contributed by atoms with van der Waals surface area (Å²) < 4.78 is 160. The minimum absolute atomic E-state index is 0.0272. The second-order valence-electron chi connectivity index (χ2n) is 25.5. The van der Waals surface area contributed by atoms with Crippen LogP contribution in [-0.2, 0) is 56.7 Å². The van der Waals surface area contributed by atoms with Gasteiger partial charge in [-0.15, -0.1) is 11.6 Å². The Morgan fingerprint density at radius 2 is 0.820 bits per heavy atom. The van der Waals surface area contributed by atoms with Crippen molar-refractivity contribution >= 4 is 109 Å². The summed E-state index contributed by atoms with van der Waals surface area (Å²) >= 11 is 8.27. The first-order valence-corrected chi connectivity index (χ1v) is 37.4. The number of aromatic nitrogens is 4. The summed E-state index contributed by atoms with van der Waals surface area (Å²) in [4.78, 5) is 71.6. The van der Waals surface area contributed by atoms with Crippen LogP contribution >= 0.6 is 38.2 Å². The van der Waals surface area contributed by atoms with Crippen LogP contribution in [0.3, 0.4) is 0 Å². The van der Waals surface area contributed by atoms with Crippen LogP contribution in [0.1, 0.15) is 41.5 Å². The zero-order chi connectivity index (χ0) is 82.9. The molecular formula is C74H74BrCl2F6N11O15S2. The van der Waals surface area contributed by atoms with Crippen LogP contribution in [0.15, 0.2) is 194 Å². The Balaban J connectivity index is 0.000000228. The van der Waals surface area contributed by atoms with Crippen molar-refractivity contribution in [1.82, 2.24) is 18.3 Å². The second kappa shape index (κ2) is 37.6. The van der Waals surface area contributed by atoms with Gasteiger partial charge in [0.05, 0.1) is 17.1 Å². The molecule has 0 aliphatic rings. The Kier molecular flexibility index (Phi) is 29.9. The van der Waals surface area contributed by atoms with Crippen molar-refractivity contribution in [2.75, 3.05) is 49.9 Å². The third-order valence-corrected chi connectivity index (χ3v) is 17.0. The molecule has 0 saturated heterocycles. The van der Waals surface area contributed by atoms with Crippen molar-refractivity contribution in [3.05, 3.63) is 251 Å². The molecule has 0 fully saturated rings. The number of nitrogens with two attached hydrogens (primary N) is 4. The summed E-state index contributed by atoms with van der Waals surface area (Å²) in [7, 11) is 3.77. The van der Waals surface area contributed by atoms with Crippen molar-refractivity contribution in [1.29, 1.82) is 0 Å². The molecule has 111 heavy (non-hydrogen) atoms. The molecule has 0 aliphatic carbocycles. The van der Waals surface area contributed by atoms with Crippen molar-refractivity contribution in [2.24, 2.45) is 28.2 Å². The van der Waals surface area contributed by atoms with E-state index in [1.807, 2.05) is 0 Å². The number of hydrogen-bond acceptors (Lipinski definition) is 19. The number of hydrogen-bond donors (Lipinski definition) is 7. The Morgan fingerprint density at radius 1 is 0.486 bits per heavy atom. The molecule has 0 atom stereocenters. The summed E-state index contributed by atoms with van der Waals surface area (Å²) in [6.07, 6.45) is 4.74. The van der Waals surface area contributed by atoms with Crippen LogP contribution in [0.4, 0.5) is 75.7 Å². The van der Waals surface area contributed by atoms with Crippen LogP contribution in [0, 0.1) is 34.9 Å². The molecule has 0 bridgehead atoms. The quantitative estimate of drug-likeness (QED) is 0.0204. The fourth-order valence-electron chi connectivity index (χ4n) is 9.27. The van der Waals surface area contributed by atoms with Gasteiger partial charge in [0.2, 0.25) is 9.05 Å². The number of carbonyl (C=O) groups excluding carboxylic acids is 2. The molecule has 0 radical (unpaired) electrons. The topological polar surface area (TPSA) is 377 Å². The number of pyridine rings is 4. The predicted octanol–water partition coefficient (Wildman–Crippen LogP) is 15.2. The molecule has 590 valence electrons. The number of rotatable bonds is 16. The third-order valence-electron chi connectivity index (χ3n) is 14.1. The monoisotopic (exact) mass is 1680 g/mol. The second-order valence-corrected chi connectivity index (χ2v) is 31.3. The Morgan fingerprint density at radius 3 is 1.15 bits per heavy atom. The molecule has 4 aromatic heterocycles.